The molecule has 0 saturated carbocycles. The molecule has 2 heterocycles. The van der Waals surface area contributed by atoms with E-state index in [1.54, 1.807) is 6.33 Å². The highest BCUT2D eigenvalue weighted by atomic mass is 15.3. The van der Waals surface area contributed by atoms with E-state index in [0.717, 1.165) is 47.5 Å². The van der Waals surface area contributed by atoms with Gasteiger partial charge in [-0.2, -0.15) is 5.10 Å². The minimum Gasteiger partial charge on any atom is -0.384 e. The Kier molecular flexibility index (Phi) is 3.81. The zero-order chi connectivity index (χ0) is 14.7. The molecule has 5 heteroatoms. The molecule has 0 amide bonds. The quantitative estimate of drug-likeness (QED) is 0.781. The second kappa shape index (κ2) is 5.91. The Morgan fingerprint density at radius 2 is 2.10 bits per heavy atom. The minimum absolute atomic E-state index is 0.823. The summed E-state index contributed by atoms with van der Waals surface area (Å²) in [6.45, 7) is 2.95. The third kappa shape index (κ3) is 2.86. The van der Waals surface area contributed by atoms with Gasteiger partial charge in [0.15, 0.2) is 0 Å². The van der Waals surface area contributed by atoms with Gasteiger partial charge in [-0.05, 0) is 18.6 Å². The van der Waals surface area contributed by atoms with Gasteiger partial charge in [-0.15, -0.1) is 0 Å². The summed E-state index contributed by atoms with van der Waals surface area (Å²) in [6, 6.07) is 10.4. The number of fused-ring (bicyclic) bond motifs is 1. The summed E-state index contributed by atoms with van der Waals surface area (Å²) in [7, 11) is 1.92. The molecule has 0 atom stereocenters. The number of anilines is 1. The van der Waals surface area contributed by atoms with Crippen LogP contribution in [0.15, 0.2) is 36.7 Å². The molecule has 0 aliphatic carbocycles. The summed E-state index contributed by atoms with van der Waals surface area (Å²) >= 11 is 0. The first-order chi connectivity index (χ1) is 10.3. The first-order valence-corrected chi connectivity index (χ1v) is 7.23. The van der Waals surface area contributed by atoms with E-state index in [1.165, 1.54) is 0 Å². The van der Waals surface area contributed by atoms with E-state index < -0.39 is 0 Å². The summed E-state index contributed by atoms with van der Waals surface area (Å²) in [5.41, 5.74) is 3.28. The van der Waals surface area contributed by atoms with Gasteiger partial charge in [0.05, 0.1) is 5.52 Å². The first-order valence-electron chi connectivity index (χ1n) is 7.23. The van der Waals surface area contributed by atoms with Crippen LogP contribution in [-0.2, 0) is 19.9 Å². The normalized spacial score (nSPS) is 11.0. The highest BCUT2D eigenvalue weighted by Crippen LogP contribution is 2.23. The molecule has 0 radical (unpaired) electrons. The van der Waals surface area contributed by atoms with Crippen molar-refractivity contribution in [2.75, 3.05) is 11.9 Å². The second-order valence-corrected chi connectivity index (χ2v) is 5.01. The molecule has 0 aliphatic heterocycles. The molecule has 3 rings (SSSR count). The van der Waals surface area contributed by atoms with Crippen molar-refractivity contribution in [2.45, 2.75) is 19.8 Å². The topological polar surface area (TPSA) is 55.6 Å². The predicted molar refractivity (Wildman–Crippen MR) is 84.3 cm³/mol. The van der Waals surface area contributed by atoms with Gasteiger partial charge in [0.25, 0.3) is 0 Å². The molecule has 1 aromatic carbocycles. The van der Waals surface area contributed by atoms with Crippen LogP contribution in [0.1, 0.15) is 18.4 Å². The standard InChI is InChI=1S/C16H19N5/c1-3-12-10-15(13-6-4-5-7-14(13)20-12)17-9-8-16-18-11-19-21(16)2/h4-7,10-11H,3,8-9H2,1-2H3,(H,17,20). The maximum absolute atomic E-state index is 4.66. The van der Waals surface area contributed by atoms with E-state index in [4.69, 9.17) is 0 Å². The summed E-state index contributed by atoms with van der Waals surface area (Å²) in [5, 5.41) is 8.75. The van der Waals surface area contributed by atoms with Crippen LogP contribution in [0, 0.1) is 0 Å². The lowest BCUT2D eigenvalue weighted by molar-refractivity contribution is 0.701. The lowest BCUT2D eigenvalue weighted by atomic mass is 10.1. The van der Waals surface area contributed by atoms with Gasteiger partial charge >= 0.3 is 0 Å². The van der Waals surface area contributed by atoms with Crippen molar-refractivity contribution in [1.29, 1.82) is 0 Å². The molecule has 3 aromatic rings. The van der Waals surface area contributed by atoms with Crippen LogP contribution in [0.5, 0.6) is 0 Å². The maximum Gasteiger partial charge on any atom is 0.138 e. The molecule has 1 N–H and O–H groups in total. The first kappa shape index (κ1) is 13.5. The van der Waals surface area contributed by atoms with Crippen molar-refractivity contribution in [3.8, 4) is 0 Å². The van der Waals surface area contributed by atoms with Gasteiger partial charge in [0.1, 0.15) is 12.2 Å². The largest absolute Gasteiger partial charge is 0.384 e. The molecular formula is C16H19N5. The third-order valence-corrected chi connectivity index (χ3v) is 3.60. The van der Waals surface area contributed by atoms with E-state index >= 15 is 0 Å². The molecule has 0 bridgehead atoms. The van der Waals surface area contributed by atoms with Crippen molar-refractivity contribution < 1.29 is 0 Å². The van der Waals surface area contributed by atoms with Gasteiger partial charge in [-0.1, -0.05) is 25.1 Å². The molecule has 0 spiro atoms. The number of benzene rings is 1. The fraction of sp³-hybridized carbons (Fsp3) is 0.312. The maximum atomic E-state index is 4.66. The van der Waals surface area contributed by atoms with Crippen LogP contribution in [0.2, 0.25) is 0 Å². The van der Waals surface area contributed by atoms with Crippen molar-refractivity contribution in [2.24, 2.45) is 7.05 Å². The van der Waals surface area contributed by atoms with Crippen molar-refractivity contribution in [1.82, 2.24) is 19.7 Å². The summed E-state index contributed by atoms with van der Waals surface area (Å²) in [6.07, 6.45) is 3.36. The zero-order valence-corrected chi connectivity index (χ0v) is 12.4. The lowest BCUT2D eigenvalue weighted by Crippen LogP contribution is -2.10. The Morgan fingerprint density at radius 3 is 2.86 bits per heavy atom. The average molecular weight is 281 g/mol. The third-order valence-electron chi connectivity index (χ3n) is 3.60. The number of rotatable bonds is 5. The number of hydrogen-bond donors (Lipinski definition) is 1. The van der Waals surface area contributed by atoms with Crippen LogP contribution in [0.25, 0.3) is 10.9 Å². The number of nitrogens with one attached hydrogen (secondary N) is 1. The average Bonchev–Trinajstić information content (AvgIpc) is 2.92. The van der Waals surface area contributed by atoms with Crippen molar-refractivity contribution in [3.05, 3.63) is 48.2 Å². The summed E-state index contributed by atoms with van der Waals surface area (Å²) < 4.78 is 1.81. The predicted octanol–water partition coefficient (Wildman–Crippen LogP) is 2.58. The molecule has 5 nitrogen and oxygen atoms in total. The Morgan fingerprint density at radius 1 is 1.24 bits per heavy atom. The van der Waals surface area contributed by atoms with Crippen LogP contribution >= 0.6 is 0 Å². The van der Waals surface area contributed by atoms with E-state index in [9.17, 15) is 0 Å². The van der Waals surface area contributed by atoms with Crippen molar-refractivity contribution >= 4 is 16.6 Å². The molecule has 21 heavy (non-hydrogen) atoms. The van der Waals surface area contributed by atoms with Crippen LogP contribution in [-0.4, -0.2) is 26.3 Å². The number of pyridine rings is 1. The fourth-order valence-corrected chi connectivity index (χ4v) is 2.41. The Hall–Kier alpha value is -2.43. The van der Waals surface area contributed by atoms with E-state index in [2.05, 4.69) is 45.5 Å². The highest BCUT2D eigenvalue weighted by Gasteiger charge is 2.05. The number of nitrogens with zero attached hydrogens (tertiary/aromatic N) is 4. The number of aromatic nitrogens is 4. The van der Waals surface area contributed by atoms with E-state index in [1.807, 2.05) is 23.9 Å². The molecule has 2 aromatic heterocycles. The molecule has 108 valence electrons. The van der Waals surface area contributed by atoms with Gasteiger partial charge in [0.2, 0.25) is 0 Å². The molecule has 0 saturated heterocycles. The Labute approximate surface area is 124 Å². The minimum atomic E-state index is 0.823. The lowest BCUT2D eigenvalue weighted by Gasteiger charge is -2.11. The Balaban J connectivity index is 1.81. The fourth-order valence-electron chi connectivity index (χ4n) is 2.41. The summed E-state index contributed by atoms with van der Waals surface area (Å²) in [5.74, 6) is 0.983. The summed E-state index contributed by atoms with van der Waals surface area (Å²) in [4.78, 5) is 8.90. The van der Waals surface area contributed by atoms with Crippen LogP contribution in [0.3, 0.4) is 0 Å². The molecule has 0 fully saturated rings. The zero-order valence-electron chi connectivity index (χ0n) is 12.4. The van der Waals surface area contributed by atoms with Gasteiger partial charge in [-0.25, -0.2) is 4.98 Å². The van der Waals surface area contributed by atoms with Crippen LogP contribution < -0.4 is 5.32 Å². The monoisotopic (exact) mass is 281 g/mol. The van der Waals surface area contributed by atoms with Crippen LogP contribution in [0.4, 0.5) is 5.69 Å². The number of aryl methyl sites for hydroxylation is 2. The SMILES string of the molecule is CCc1cc(NCCc2ncnn2C)c2ccccc2n1. The van der Waals surface area contributed by atoms with Crippen molar-refractivity contribution in [3.63, 3.8) is 0 Å². The van der Waals surface area contributed by atoms with Gasteiger partial charge in [-0.3, -0.25) is 9.67 Å². The number of hydrogen-bond acceptors (Lipinski definition) is 4. The Bertz CT molecular complexity index is 747. The van der Waals surface area contributed by atoms with E-state index in [-0.39, 0.29) is 0 Å². The molecular weight excluding hydrogens is 262 g/mol. The van der Waals surface area contributed by atoms with E-state index in [0.29, 0.717) is 0 Å². The molecule has 0 aliphatic rings. The smallest absolute Gasteiger partial charge is 0.138 e. The number of para-hydroxylation sites is 1. The van der Waals surface area contributed by atoms with Gasteiger partial charge < -0.3 is 5.32 Å². The second-order valence-electron chi connectivity index (χ2n) is 5.01. The van der Waals surface area contributed by atoms with Gasteiger partial charge in [0, 0.05) is 36.8 Å². The highest BCUT2D eigenvalue weighted by molar-refractivity contribution is 5.91. The molecule has 0 unspecified atom stereocenters.